The molecule has 0 aliphatic carbocycles. The van der Waals surface area contributed by atoms with Gasteiger partial charge in [0.2, 0.25) is 5.16 Å². The van der Waals surface area contributed by atoms with E-state index in [9.17, 15) is 4.79 Å². The summed E-state index contributed by atoms with van der Waals surface area (Å²) in [4.78, 5) is 11.6. The maximum Gasteiger partial charge on any atom is 0.210 e. The van der Waals surface area contributed by atoms with Crippen LogP contribution in [0.1, 0.15) is 22.8 Å². The van der Waals surface area contributed by atoms with E-state index in [1.165, 1.54) is 23.4 Å². The highest BCUT2D eigenvalue weighted by Gasteiger charge is 2.16. The fourth-order valence-corrected chi connectivity index (χ4v) is 3.48. The van der Waals surface area contributed by atoms with Crippen molar-refractivity contribution in [3.8, 4) is 22.9 Å². The summed E-state index contributed by atoms with van der Waals surface area (Å²) in [5.41, 5.74) is 2.28. The molecule has 0 saturated carbocycles. The van der Waals surface area contributed by atoms with Crippen molar-refractivity contribution in [2.75, 3.05) is 20.1 Å². The van der Waals surface area contributed by atoms with E-state index < -0.39 is 0 Å². The van der Waals surface area contributed by atoms with Crippen molar-refractivity contribution in [1.82, 2.24) is 14.9 Å². The second kappa shape index (κ2) is 8.13. The Balaban J connectivity index is 1.85. The highest BCUT2D eigenvalue weighted by atomic mass is 32.2. The number of hydrogen-bond donors (Lipinski definition) is 1. The number of ketones is 1. The standard InChI is InChI=1S/C19H20N4O3S/c1-12(24)13-8-9-16(25-2)14(10-13)11-27-19-22-21-18(23(19)20)15-6-4-5-7-17(15)26-3/h4-10H,11,20H2,1-3H3. The molecule has 0 spiro atoms. The van der Waals surface area contributed by atoms with Crippen LogP contribution < -0.4 is 15.3 Å². The average molecular weight is 384 g/mol. The lowest BCUT2D eigenvalue weighted by Crippen LogP contribution is -2.12. The number of nitrogens with zero attached hydrogens (tertiary/aromatic N) is 3. The molecular formula is C19H20N4O3S. The van der Waals surface area contributed by atoms with Gasteiger partial charge in [0.1, 0.15) is 11.5 Å². The van der Waals surface area contributed by atoms with Crippen LogP contribution in [0.2, 0.25) is 0 Å². The number of benzene rings is 2. The third-order valence-electron chi connectivity index (χ3n) is 4.06. The number of nitrogen functional groups attached to an aromatic ring is 1. The monoisotopic (exact) mass is 384 g/mol. The van der Waals surface area contributed by atoms with E-state index in [0.29, 0.717) is 33.8 Å². The molecule has 1 heterocycles. The summed E-state index contributed by atoms with van der Waals surface area (Å²) in [6.45, 7) is 1.54. The molecular weight excluding hydrogens is 364 g/mol. The number of hydrogen-bond acceptors (Lipinski definition) is 7. The zero-order valence-electron chi connectivity index (χ0n) is 15.3. The largest absolute Gasteiger partial charge is 0.496 e. The molecule has 3 rings (SSSR count). The third kappa shape index (κ3) is 3.90. The summed E-state index contributed by atoms with van der Waals surface area (Å²) in [5.74, 6) is 8.63. The van der Waals surface area contributed by atoms with Crippen molar-refractivity contribution in [3.05, 3.63) is 53.6 Å². The first-order valence-corrected chi connectivity index (χ1v) is 9.18. The molecule has 0 bridgehead atoms. The zero-order valence-corrected chi connectivity index (χ0v) is 16.1. The minimum Gasteiger partial charge on any atom is -0.496 e. The highest BCUT2D eigenvalue weighted by Crippen LogP contribution is 2.32. The van der Waals surface area contributed by atoms with Gasteiger partial charge in [-0.1, -0.05) is 23.9 Å². The Labute approximate surface area is 161 Å². The van der Waals surface area contributed by atoms with Crippen LogP contribution in [0.15, 0.2) is 47.6 Å². The fraction of sp³-hybridized carbons (Fsp3) is 0.211. The minimum absolute atomic E-state index is 0.00403. The molecule has 8 heteroatoms. The van der Waals surface area contributed by atoms with E-state index >= 15 is 0 Å². The minimum atomic E-state index is 0.00403. The quantitative estimate of drug-likeness (QED) is 0.380. The molecule has 2 aromatic carbocycles. The van der Waals surface area contributed by atoms with E-state index in [0.717, 1.165) is 11.1 Å². The van der Waals surface area contributed by atoms with E-state index in [1.807, 2.05) is 30.3 Å². The number of nitrogens with two attached hydrogens (primary N) is 1. The molecule has 0 radical (unpaired) electrons. The van der Waals surface area contributed by atoms with Gasteiger partial charge in [0.15, 0.2) is 11.6 Å². The van der Waals surface area contributed by atoms with Crippen LogP contribution in [0.25, 0.3) is 11.4 Å². The van der Waals surface area contributed by atoms with Gasteiger partial charge >= 0.3 is 0 Å². The van der Waals surface area contributed by atoms with Gasteiger partial charge in [-0.05, 0) is 37.3 Å². The molecule has 3 aromatic rings. The van der Waals surface area contributed by atoms with Gasteiger partial charge in [0, 0.05) is 16.9 Å². The van der Waals surface area contributed by atoms with Crippen molar-refractivity contribution < 1.29 is 14.3 Å². The van der Waals surface area contributed by atoms with Crippen molar-refractivity contribution >= 4 is 17.5 Å². The first kappa shape index (κ1) is 18.8. The second-order valence-corrected chi connectivity index (χ2v) is 6.69. The Bertz CT molecular complexity index is 971. The van der Waals surface area contributed by atoms with Crippen LogP contribution in [-0.2, 0) is 5.75 Å². The molecule has 0 fully saturated rings. The van der Waals surface area contributed by atoms with Crippen LogP contribution in [0.4, 0.5) is 0 Å². The number of para-hydroxylation sites is 1. The SMILES string of the molecule is COc1ccc(C(C)=O)cc1CSc1nnc(-c2ccccc2OC)n1N. The molecule has 0 saturated heterocycles. The predicted molar refractivity (Wildman–Crippen MR) is 105 cm³/mol. The summed E-state index contributed by atoms with van der Waals surface area (Å²) >= 11 is 1.41. The molecule has 7 nitrogen and oxygen atoms in total. The first-order chi connectivity index (χ1) is 13.0. The van der Waals surface area contributed by atoms with Gasteiger partial charge in [-0.2, -0.15) is 0 Å². The average Bonchev–Trinajstić information content (AvgIpc) is 3.06. The molecule has 27 heavy (non-hydrogen) atoms. The van der Waals surface area contributed by atoms with Crippen molar-refractivity contribution in [2.45, 2.75) is 17.8 Å². The lowest BCUT2D eigenvalue weighted by atomic mass is 10.1. The van der Waals surface area contributed by atoms with E-state index in [-0.39, 0.29) is 5.78 Å². The zero-order chi connectivity index (χ0) is 19.4. The topological polar surface area (TPSA) is 92.3 Å². The lowest BCUT2D eigenvalue weighted by molar-refractivity contribution is 0.101. The maximum absolute atomic E-state index is 11.6. The fourth-order valence-electron chi connectivity index (χ4n) is 2.64. The highest BCUT2D eigenvalue weighted by molar-refractivity contribution is 7.98. The molecule has 140 valence electrons. The smallest absolute Gasteiger partial charge is 0.210 e. The summed E-state index contributed by atoms with van der Waals surface area (Å²) in [6.07, 6.45) is 0. The molecule has 0 unspecified atom stereocenters. The molecule has 1 aromatic heterocycles. The number of thioether (sulfide) groups is 1. The van der Waals surface area contributed by atoms with Crippen molar-refractivity contribution in [3.63, 3.8) is 0 Å². The molecule has 0 atom stereocenters. The second-order valence-electron chi connectivity index (χ2n) is 5.75. The molecule has 2 N–H and O–H groups in total. The number of carbonyl (C=O) groups excluding carboxylic acids is 1. The van der Waals surface area contributed by atoms with E-state index in [4.69, 9.17) is 15.3 Å². The van der Waals surface area contributed by atoms with Crippen LogP contribution in [-0.4, -0.2) is 34.9 Å². The number of carbonyl (C=O) groups is 1. The number of ether oxygens (including phenoxy) is 2. The Kier molecular flexibility index (Phi) is 5.66. The van der Waals surface area contributed by atoms with Crippen molar-refractivity contribution in [1.29, 1.82) is 0 Å². The lowest BCUT2D eigenvalue weighted by Gasteiger charge is -2.10. The Morgan fingerprint density at radius 3 is 2.56 bits per heavy atom. The van der Waals surface area contributed by atoms with Crippen LogP contribution >= 0.6 is 11.8 Å². The Morgan fingerprint density at radius 1 is 1.11 bits per heavy atom. The van der Waals surface area contributed by atoms with Gasteiger partial charge in [0.05, 0.1) is 19.8 Å². The normalized spacial score (nSPS) is 10.6. The Hall–Kier alpha value is -3.00. The number of Topliss-reactive ketones (excluding diaryl/α,β-unsaturated/α-hetero) is 1. The van der Waals surface area contributed by atoms with Crippen LogP contribution in [0.3, 0.4) is 0 Å². The number of aromatic nitrogens is 3. The summed E-state index contributed by atoms with van der Waals surface area (Å²) in [7, 11) is 3.20. The maximum atomic E-state index is 11.6. The third-order valence-corrected chi connectivity index (χ3v) is 5.05. The van der Waals surface area contributed by atoms with E-state index in [1.54, 1.807) is 26.4 Å². The summed E-state index contributed by atoms with van der Waals surface area (Å²) in [5, 5.41) is 8.93. The van der Waals surface area contributed by atoms with Gasteiger partial charge in [-0.3, -0.25) is 4.79 Å². The summed E-state index contributed by atoms with van der Waals surface area (Å²) < 4.78 is 12.2. The number of rotatable bonds is 7. The van der Waals surface area contributed by atoms with E-state index in [2.05, 4.69) is 10.2 Å². The van der Waals surface area contributed by atoms with Crippen LogP contribution in [0.5, 0.6) is 11.5 Å². The first-order valence-electron chi connectivity index (χ1n) is 8.19. The molecule has 0 amide bonds. The van der Waals surface area contributed by atoms with Gasteiger partial charge in [0.25, 0.3) is 0 Å². The number of methoxy groups -OCH3 is 2. The molecule has 0 aliphatic rings. The Morgan fingerprint density at radius 2 is 1.85 bits per heavy atom. The van der Waals surface area contributed by atoms with Crippen LogP contribution in [0, 0.1) is 0 Å². The van der Waals surface area contributed by atoms with Gasteiger partial charge in [-0.15, -0.1) is 10.2 Å². The summed E-state index contributed by atoms with van der Waals surface area (Å²) in [6, 6.07) is 12.9. The molecule has 0 aliphatic heterocycles. The van der Waals surface area contributed by atoms with Gasteiger partial charge < -0.3 is 15.3 Å². The van der Waals surface area contributed by atoms with Crippen molar-refractivity contribution in [2.24, 2.45) is 0 Å². The van der Waals surface area contributed by atoms with Gasteiger partial charge in [-0.25, -0.2) is 4.68 Å². The predicted octanol–water partition coefficient (Wildman–Crippen LogP) is 3.17.